The lowest BCUT2D eigenvalue weighted by Crippen LogP contribution is -2.35. The quantitative estimate of drug-likeness (QED) is 0.840. The third-order valence-electron chi connectivity index (χ3n) is 3.80. The molecule has 0 bridgehead atoms. The number of likely N-dealkylation sites (tertiary alicyclic amines) is 1. The predicted molar refractivity (Wildman–Crippen MR) is 86.0 cm³/mol. The number of tetrazole rings is 1. The van der Waals surface area contributed by atoms with Gasteiger partial charge in [-0.2, -0.15) is 4.80 Å². The molecule has 22 heavy (non-hydrogen) atoms. The summed E-state index contributed by atoms with van der Waals surface area (Å²) in [5.41, 5.74) is 0.871. The van der Waals surface area contributed by atoms with Gasteiger partial charge in [-0.3, -0.25) is 4.79 Å². The molecule has 116 valence electrons. The van der Waals surface area contributed by atoms with Gasteiger partial charge < -0.3 is 4.90 Å². The molecule has 0 aliphatic carbocycles. The fourth-order valence-corrected chi connectivity index (χ4v) is 3.06. The molecule has 0 radical (unpaired) electrons. The Morgan fingerprint density at radius 2 is 1.86 bits per heavy atom. The highest BCUT2D eigenvalue weighted by molar-refractivity contribution is 9.10. The number of hydrogen-bond acceptors (Lipinski definition) is 4. The predicted octanol–water partition coefficient (Wildman–Crippen LogP) is 2.51. The average Bonchev–Trinajstić information content (AvgIpc) is 2.81. The molecule has 1 aromatic heterocycles. The number of rotatable bonds is 3. The molecule has 0 N–H and O–H groups in total. The van der Waals surface area contributed by atoms with E-state index in [1.807, 2.05) is 29.2 Å². The summed E-state index contributed by atoms with van der Waals surface area (Å²) in [4.78, 5) is 15.6. The fraction of sp³-hybridized carbons (Fsp3) is 0.467. The van der Waals surface area contributed by atoms with E-state index in [0.717, 1.165) is 36.0 Å². The Bertz CT molecular complexity index is 649. The van der Waals surface area contributed by atoms with Gasteiger partial charge in [-0.05, 0) is 30.2 Å². The number of aromatic nitrogens is 4. The minimum absolute atomic E-state index is 0.0676. The monoisotopic (exact) mass is 363 g/mol. The number of amides is 1. The standard InChI is InChI=1S/C15H18BrN5O/c16-13-8-4-3-7-12(13)15-17-19-21(18-15)11-14(22)20-9-5-1-2-6-10-20/h3-4,7-8H,1-2,5-6,9-11H2. The van der Waals surface area contributed by atoms with E-state index in [2.05, 4.69) is 31.3 Å². The summed E-state index contributed by atoms with van der Waals surface area (Å²) in [6.45, 7) is 1.83. The average molecular weight is 364 g/mol. The van der Waals surface area contributed by atoms with Crippen LogP contribution in [0, 0.1) is 0 Å². The van der Waals surface area contributed by atoms with Crippen molar-refractivity contribution in [2.45, 2.75) is 32.2 Å². The normalized spacial score (nSPS) is 15.6. The first-order chi connectivity index (χ1) is 10.7. The van der Waals surface area contributed by atoms with Crippen LogP contribution in [0.25, 0.3) is 11.4 Å². The van der Waals surface area contributed by atoms with Gasteiger partial charge in [-0.15, -0.1) is 10.2 Å². The van der Waals surface area contributed by atoms with Gasteiger partial charge in [0.2, 0.25) is 11.7 Å². The largest absolute Gasteiger partial charge is 0.341 e. The molecular weight excluding hydrogens is 346 g/mol. The molecule has 1 fully saturated rings. The van der Waals surface area contributed by atoms with Gasteiger partial charge >= 0.3 is 0 Å². The Labute approximate surface area is 137 Å². The van der Waals surface area contributed by atoms with E-state index in [-0.39, 0.29) is 12.5 Å². The van der Waals surface area contributed by atoms with Crippen molar-refractivity contribution in [3.8, 4) is 11.4 Å². The summed E-state index contributed by atoms with van der Waals surface area (Å²) in [5.74, 6) is 0.592. The first-order valence-electron chi connectivity index (χ1n) is 7.54. The molecule has 1 aliphatic heterocycles. The molecule has 1 aliphatic rings. The Morgan fingerprint density at radius 3 is 2.59 bits per heavy atom. The third kappa shape index (κ3) is 3.52. The first kappa shape index (κ1) is 15.1. The zero-order valence-corrected chi connectivity index (χ0v) is 13.9. The van der Waals surface area contributed by atoms with Crippen LogP contribution in [-0.4, -0.2) is 44.1 Å². The van der Waals surface area contributed by atoms with Crippen LogP contribution in [0.2, 0.25) is 0 Å². The second-order valence-electron chi connectivity index (χ2n) is 5.42. The van der Waals surface area contributed by atoms with Crippen LogP contribution in [0.3, 0.4) is 0 Å². The van der Waals surface area contributed by atoms with Gasteiger partial charge in [0.25, 0.3) is 0 Å². The molecular formula is C15H18BrN5O. The first-order valence-corrected chi connectivity index (χ1v) is 8.34. The van der Waals surface area contributed by atoms with Gasteiger partial charge in [0.15, 0.2) is 0 Å². The minimum atomic E-state index is 0.0676. The maximum Gasteiger partial charge on any atom is 0.246 e. The topological polar surface area (TPSA) is 63.9 Å². The molecule has 3 rings (SSSR count). The maximum atomic E-state index is 12.3. The molecule has 1 saturated heterocycles. The van der Waals surface area contributed by atoms with Crippen LogP contribution < -0.4 is 0 Å². The van der Waals surface area contributed by atoms with Gasteiger partial charge in [0.1, 0.15) is 6.54 Å². The van der Waals surface area contributed by atoms with E-state index < -0.39 is 0 Å². The lowest BCUT2D eigenvalue weighted by Gasteiger charge is -2.19. The van der Waals surface area contributed by atoms with Gasteiger partial charge in [-0.1, -0.05) is 40.9 Å². The molecule has 7 heteroatoms. The molecule has 2 heterocycles. The highest BCUT2D eigenvalue weighted by Crippen LogP contribution is 2.24. The summed E-state index contributed by atoms with van der Waals surface area (Å²) in [5, 5.41) is 12.4. The van der Waals surface area contributed by atoms with E-state index >= 15 is 0 Å². The van der Waals surface area contributed by atoms with Crippen LogP contribution in [-0.2, 0) is 11.3 Å². The zero-order valence-electron chi connectivity index (χ0n) is 12.3. The number of carbonyl (C=O) groups excluding carboxylic acids is 1. The number of halogens is 1. The van der Waals surface area contributed by atoms with E-state index in [0.29, 0.717) is 5.82 Å². The van der Waals surface area contributed by atoms with Gasteiger partial charge in [0.05, 0.1) is 0 Å². The lowest BCUT2D eigenvalue weighted by molar-refractivity contribution is -0.132. The number of hydrogen-bond donors (Lipinski definition) is 0. The number of benzene rings is 1. The molecule has 1 amide bonds. The van der Waals surface area contributed by atoms with Crippen molar-refractivity contribution in [1.29, 1.82) is 0 Å². The van der Waals surface area contributed by atoms with Crippen LogP contribution in [0.4, 0.5) is 0 Å². The fourth-order valence-electron chi connectivity index (χ4n) is 2.60. The Hall–Kier alpha value is -1.76. The minimum Gasteiger partial charge on any atom is -0.341 e. The van der Waals surface area contributed by atoms with Crippen LogP contribution >= 0.6 is 15.9 Å². The molecule has 0 saturated carbocycles. The molecule has 2 aromatic rings. The highest BCUT2D eigenvalue weighted by atomic mass is 79.9. The van der Waals surface area contributed by atoms with Crippen molar-refractivity contribution in [1.82, 2.24) is 25.1 Å². The molecule has 0 atom stereocenters. The van der Waals surface area contributed by atoms with Crippen molar-refractivity contribution in [3.05, 3.63) is 28.7 Å². The summed E-state index contributed by atoms with van der Waals surface area (Å²) < 4.78 is 0.911. The third-order valence-corrected chi connectivity index (χ3v) is 4.49. The van der Waals surface area contributed by atoms with E-state index in [9.17, 15) is 4.79 Å². The Kier molecular flexibility index (Phi) is 4.82. The highest BCUT2D eigenvalue weighted by Gasteiger charge is 2.17. The zero-order chi connectivity index (χ0) is 15.4. The van der Waals surface area contributed by atoms with Crippen molar-refractivity contribution in [2.24, 2.45) is 0 Å². The number of carbonyl (C=O) groups is 1. The van der Waals surface area contributed by atoms with Crippen LogP contribution in [0.1, 0.15) is 25.7 Å². The van der Waals surface area contributed by atoms with E-state index in [1.165, 1.54) is 17.6 Å². The smallest absolute Gasteiger partial charge is 0.246 e. The summed E-state index contributed by atoms with van der Waals surface area (Å²) in [7, 11) is 0. The second-order valence-corrected chi connectivity index (χ2v) is 6.27. The molecule has 0 spiro atoms. The van der Waals surface area contributed by atoms with E-state index in [1.54, 1.807) is 0 Å². The molecule has 1 aromatic carbocycles. The van der Waals surface area contributed by atoms with E-state index in [4.69, 9.17) is 0 Å². The van der Waals surface area contributed by atoms with Crippen molar-refractivity contribution >= 4 is 21.8 Å². The van der Waals surface area contributed by atoms with Crippen LogP contribution in [0.5, 0.6) is 0 Å². The van der Waals surface area contributed by atoms with Crippen molar-refractivity contribution in [2.75, 3.05) is 13.1 Å². The lowest BCUT2D eigenvalue weighted by atomic mass is 10.2. The maximum absolute atomic E-state index is 12.3. The SMILES string of the molecule is O=C(Cn1nnc(-c2ccccc2Br)n1)N1CCCCCC1. The van der Waals surface area contributed by atoms with Crippen LogP contribution in [0.15, 0.2) is 28.7 Å². The summed E-state index contributed by atoms with van der Waals surface area (Å²) in [6.07, 6.45) is 4.58. The number of nitrogens with zero attached hydrogens (tertiary/aromatic N) is 5. The summed E-state index contributed by atoms with van der Waals surface area (Å²) >= 11 is 3.47. The Morgan fingerprint density at radius 1 is 1.14 bits per heavy atom. The van der Waals surface area contributed by atoms with Crippen molar-refractivity contribution < 1.29 is 4.79 Å². The Balaban J connectivity index is 1.69. The summed E-state index contributed by atoms with van der Waals surface area (Å²) in [6, 6.07) is 7.70. The molecule has 0 unspecified atom stereocenters. The second kappa shape index (κ2) is 7.00. The molecule has 6 nitrogen and oxygen atoms in total. The van der Waals surface area contributed by atoms with Crippen molar-refractivity contribution in [3.63, 3.8) is 0 Å². The van der Waals surface area contributed by atoms with Gasteiger partial charge in [-0.25, -0.2) is 0 Å². The van der Waals surface area contributed by atoms with Gasteiger partial charge in [0, 0.05) is 23.1 Å².